The van der Waals surface area contributed by atoms with E-state index in [1.807, 2.05) is 0 Å². The van der Waals surface area contributed by atoms with E-state index in [0.717, 1.165) is 12.1 Å². The highest BCUT2D eigenvalue weighted by Crippen LogP contribution is 2.53. The third-order valence-electron chi connectivity index (χ3n) is 4.41. The van der Waals surface area contributed by atoms with Crippen LogP contribution in [0.5, 0.6) is 11.5 Å². The Morgan fingerprint density at radius 2 is 1.41 bits per heavy atom. The average molecular weight is 494 g/mol. The SMILES string of the molecule is O=S(=O)(O)C(c1ccccc1)(c1ccc(O)c(Cl)c1O)c1cc(Cl)cc(Cl)c1Cl. The molecule has 0 heterocycles. The van der Waals surface area contributed by atoms with Gasteiger partial charge in [0.05, 0.1) is 10.0 Å². The fraction of sp³-hybridized carbons (Fsp3) is 0.0526. The number of benzene rings is 3. The molecule has 0 amide bonds. The summed E-state index contributed by atoms with van der Waals surface area (Å²) < 4.78 is 34.0. The molecule has 0 saturated carbocycles. The zero-order valence-electron chi connectivity index (χ0n) is 14.3. The quantitative estimate of drug-likeness (QED) is 0.239. The van der Waals surface area contributed by atoms with Crippen LogP contribution in [0.15, 0.2) is 54.6 Å². The summed E-state index contributed by atoms with van der Waals surface area (Å²) in [6, 6.07) is 12.3. The molecule has 5 nitrogen and oxygen atoms in total. The smallest absolute Gasteiger partial charge is 0.283 e. The van der Waals surface area contributed by atoms with E-state index in [2.05, 4.69) is 0 Å². The van der Waals surface area contributed by atoms with Crippen molar-refractivity contribution in [2.45, 2.75) is 4.75 Å². The summed E-state index contributed by atoms with van der Waals surface area (Å²) in [7, 11) is -5.10. The highest BCUT2D eigenvalue weighted by molar-refractivity contribution is 7.87. The molecule has 0 aliphatic rings. The van der Waals surface area contributed by atoms with Crippen LogP contribution in [0, 0.1) is 0 Å². The average Bonchev–Trinajstić information content (AvgIpc) is 2.65. The first-order chi connectivity index (χ1) is 13.5. The van der Waals surface area contributed by atoms with E-state index in [1.165, 1.54) is 36.4 Å². The predicted molar refractivity (Wildman–Crippen MR) is 114 cm³/mol. The molecule has 0 radical (unpaired) electrons. The number of phenolic OH excluding ortho intramolecular Hbond substituents is 2. The van der Waals surface area contributed by atoms with Crippen molar-refractivity contribution in [3.63, 3.8) is 0 Å². The summed E-state index contributed by atoms with van der Waals surface area (Å²) >= 11 is 24.5. The molecular formula is C19H12Cl4O5S. The molecule has 1 atom stereocenters. The number of aromatic hydroxyl groups is 2. The second kappa shape index (κ2) is 7.87. The van der Waals surface area contributed by atoms with Gasteiger partial charge in [-0.1, -0.05) is 76.7 Å². The maximum absolute atomic E-state index is 13.0. The van der Waals surface area contributed by atoms with E-state index < -0.39 is 31.4 Å². The van der Waals surface area contributed by atoms with Crippen LogP contribution in [0.25, 0.3) is 0 Å². The molecule has 0 aliphatic carbocycles. The van der Waals surface area contributed by atoms with Crippen LogP contribution in [0.3, 0.4) is 0 Å². The molecular weight excluding hydrogens is 482 g/mol. The minimum Gasteiger partial charge on any atom is -0.506 e. The van der Waals surface area contributed by atoms with Gasteiger partial charge >= 0.3 is 0 Å². The number of halogens is 4. The van der Waals surface area contributed by atoms with Crippen LogP contribution in [0.1, 0.15) is 16.7 Å². The Balaban J connectivity index is 2.64. The lowest BCUT2D eigenvalue weighted by Gasteiger charge is -2.34. The molecule has 3 aromatic carbocycles. The molecule has 29 heavy (non-hydrogen) atoms. The van der Waals surface area contributed by atoms with Crippen molar-refractivity contribution in [1.29, 1.82) is 0 Å². The van der Waals surface area contributed by atoms with Crippen LogP contribution in [-0.4, -0.2) is 23.2 Å². The Hall–Kier alpha value is -1.67. The minimum atomic E-state index is -5.10. The van der Waals surface area contributed by atoms with Crippen LogP contribution >= 0.6 is 46.4 Å². The Morgan fingerprint density at radius 3 is 2.00 bits per heavy atom. The Bertz CT molecular complexity index is 1200. The van der Waals surface area contributed by atoms with Gasteiger partial charge < -0.3 is 10.2 Å². The summed E-state index contributed by atoms with van der Waals surface area (Å²) in [6.45, 7) is 0. The fourth-order valence-electron chi connectivity index (χ4n) is 3.21. The lowest BCUT2D eigenvalue weighted by Crippen LogP contribution is -2.38. The molecule has 0 bridgehead atoms. The van der Waals surface area contributed by atoms with Crippen molar-refractivity contribution in [2.24, 2.45) is 0 Å². The van der Waals surface area contributed by atoms with Gasteiger partial charge in [0, 0.05) is 16.1 Å². The van der Waals surface area contributed by atoms with E-state index in [9.17, 15) is 23.2 Å². The van der Waals surface area contributed by atoms with Crippen LogP contribution < -0.4 is 0 Å². The van der Waals surface area contributed by atoms with Gasteiger partial charge in [-0.05, 0) is 29.8 Å². The Morgan fingerprint density at radius 1 is 0.793 bits per heavy atom. The van der Waals surface area contributed by atoms with Crippen molar-refractivity contribution >= 4 is 56.5 Å². The molecule has 0 saturated heterocycles. The highest BCUT2D eigenvalue weighted by atomic mass is 35.5. The Kier molecular flexibility index (Phi) is 5.98. The summed E-state index contributed by atoms with van der Waals surface area (Å²) in [5, 5.41) is 19.7. The first-order valence-corrected chi connectivity index (χ1v) is 10.9. The number of hydrogen-bond donors (Lipinski definition) is 3. The molecule has 3 rings (SSSR count). The second-order valence-corrected chi connectivity index (χ2v) is 9.23. The van der Waals surface area contributed by atoms with Crippen molar-refractivity contribution in [3.05, 3.63) is 91.4 Å². The van der Waals surface area contributed by atoms with E-state index in [4.69, 9.17) is 46.4 Å². The predicted octanol–water partition coefficient (Wildman–Crippen LogP) is 5.89. The van der Waals surface area contributed by atoms with Crippen molar-refractivity contribution in [3.8, 4) is 11.5 Å². The largest absolute Gasteiger partial charge is 0.506 e. The molecule has 3 aromatic rings. The van der Waals surface area contributed by atoms with E-state index in [-0.39, 0.29) is 31.8 Å². The Labute approximate surface area is 186 Å². The van der Waals surface area contributed by atoms with Crippen LogP contribution in [0.4, 0.5) is 0 Å². The fourth-order valence-corrected chi connectivity index (χ4v) is 5.49. The van der Waals surface area contributed by atoms with Gasteiger partial charge in [-0.2, -0.15) is 8.42 Å². The van der Waals surface area contributed by atoms with Gasteiger partial charge in [-0.15, -0.1) is 0 Å². The number of phenols is 2. The highest BCUT2D eigenvalue weighted by Gasteiger charge is 2.52. The summed E-state index contributed by atoms with van der Waals surface area (Å²) in [5.41, 5.74) is -0.531. The summed E-state index contributed by atoms with van der Waals surface area (Å²) in [5.74, 6) is -1.25. The summed E-state index contributed by atoms with van der Waals surface area (Å²) in [6.07, 6.45) is 0. The van der Waals surface area contributed by atoms with Crippen molar-refractivity contribution in [1.82, 2.24) is 0 Å². The first kappa shape index (κ1) is 22.0. The maximum atomic E-state index is 13.0. The summed E-state index contributed by atoms with van der Waals surface area (Å²) in [4.78, 5) is 0. The standard InChI is InChI=1S/C19H12Cl4O5S/c20-11-8-13(16(22)14(21)9-11)19(29(26,27)28,10-4-2-1-3-5-10)12-6-7-15(24)17(23)18(12)25/h1-9,24-25H,(H,26,27,28). The van der Waals surface area contributed by atoms with Gasteiger partial charge in [-0.3, -0.25) is 4.55 Å². The van der Waals surface area contributed by atoms with E-state index in [0.29, 0.717) is 0 Å². The topological polar surface area (TPSA) is 94.8 Å². The normalized spacial score (nSPS) is 13.8. The molecule has 3 N–H and O–H groups in total. The lowest BCUT2D eigenvalue weighted by atomic mass is 9.83. The number of hydrogen-bond acceptors (Lipinski definition) is 4. The van der Waals surface area contributed by atoms with Crippen LogP contribution in [0.2, 0.25) is 20.1 Å². The molecule has 0 aromatic heterocycles. The maximum Gasteiger partial charge on any atom is 0.283 e. The third-order valence-corrected chi connectivity index (χ3v) is 7.26. The zero-order valence-corrected chi connectivity index (χ0v) is 18.1. The monoisotopic (exact) mass is 492 g/mol. The molecule has 0 aliphatic heterocycles. The minimum absolute atomic E-state index is 0.0276. The number of rotatable bonds is 4. The molecule has 0 spiro atoms. The zero-order chi connectivity index (χ0) is 21.6. The van der Waals surface area contributed by atoms with E-state index >= 15 is 0 Å². The van der Waals surface area contributed by atoms with Gasteiger partial charge in [0.15, 0.2) is 4.75 Å². The lowest BCUT2D eigenvalue weighted by molar-refractivity contribution is 0.431. The van der Waals surface area contributed by atoms with Crippen molar-refractivity contribution < 1.29 is 23.2 Å². The first-order valence-electron chi connectivity index (χ1n) is 7.90. The van der Waals surface area contributed by atoms with Crippen molar-refractivity contribution in [2.75, 3.05) is 0 Å². The third kappa shape index (κ3) is 3.54. The molecule has 1 unspecified atom stereocenters. The van der Waals surface area contributed by atoms with Gasteiger partial charge in [0.2, 0.25) is 0 Å². The van der Waals surface area contributed by atoms with E-state index in [1.54, 1.807) is 6.07 Å². The molecule has 10 heteroatoms. The van der Waals surface area contributed by atoms with Gasteiger partial charge in [0.1, 0.15) is 16.5 Å². The molecule has 152 valence electrons. The van der Waals surface area contributed by atoms with Crippen LogP contribution in [-0.2, 0) is 14.9 Å². The van der Waals surface area contributed by atoms with Gasteiger partial charge in [0.25, 0.3) is 10.1 Å². The second-order valence-electron chi connectivity index (χ2n) is 6.07. The molecule has 0 fully saturated rings. The van der Waals surface area contributed by atoms with Gasteiger partial charge in [-0.25, -0.2) is 0 Å².